The Morgan fingerprint density at radius 2 is 2.05 bits per heavy atom. The highest BCUT2D eigenvalue weighted by atomic mass is 16.5. The lowest BCUT2D eigenvalue weighted by Crippen LogP contribution is -2.25. The van der Waals surface area contributed by atoms with Crippen LogP contribution in [0.3, 0.4) is 0 Å². The van der Waals surface area contributed by atoms with Crippen molar-refractivity contribution in [1.82, 2.24) is 5.32 Å². The molecule has 1 aromatic carbocycles. The van der Waals surface area contributed by atoms with Crippen molar-refractivity contribution in [3.05, 3.63) is 46.3 Å². The van der Waals surface area contributed by atoms with Gasteiger partial charge in [0.25, 0.3) is 0 Å². The summed E-state index contributed by atoms with van der Waals surface area (Å²) in [6.07, 6.45) is 2.20. The van der Waals surface area contributed by atoms with E-state index in [1.54, 1.807) is 0 Å². The Kier molecular flexibility index (Phi) is 7.66. The van der Waals surface area contributed by atoms with Crippen molar-refractivity contribution in [2.45, 2.75) is 25.9 Å². The van der Waals surface area contributed by atoms with E-state index in [0.29, 0.717) is 13.1 Å². The Labute approximate surface area is 112 Å². The van der Waals surface area contributed by atoms with E-state index in [1.807, 2.05) is 30.3 Å². The van der Waals surface area contributed by atoms with Gasteiger partial charge in [-0.05, 0) is 23.9 Å². The fourth-order valence-corrected chi connectivity index (χ4v) is 1.49. The largest absolute Gasteiger partial charge is 0.445 e. The van der Waals surface area contributed by atoms with Crippen molar-refractivity contribution in [2.75, 3.05) is 13.1 Å². The molecule has 0 saturated carbocycles. The minimum absolute atomic E-state index is 0.281. The van der Waals surface area contributed by atoms with E-state index < -0.39 is 6.09 Å². The fourth-order valence-electron chi connectivity index (χ4n) is 1.49. The van der Waals surface area contributed by atoms with Gasteiger partial charge in [-0.3, -0.25) is 0 Å². The number of hydrogen-bond acceptors (Lipinski definition) is 3. The second kappa shape index (κ2) is 9.79. The molecule has 6 heteroatoms. The van der Waals surface area contributed by atoms with Crippen molar-refractivity contribution in [3.8, 4) is 0 Å². The molecule has 6 nitrogen and oxygen atoms in total. The SMILES string of the molecule is [N-]=[N+]=NCCCCCNC(=O)OCc1ccccc1. The van der Waals surface area contributed by atoms with Crippen LogP contribution in [0.1, 0.15) is 24.8 Å². The lowest BCUT2D eigenvalue weighted by atomic mass is 10.2. The highest BCUT2D eigenvalue weighted by Gasteiger charge is 2.01. The quantitative estimate of drug-likeness (QED) is 0.337. The van der Waals surface area contributed by atoms with Crippen molar-refractivity contribution >= 4 is 6.09 Å². The second-order valence-electron chi connectivity index (χ2n) is 4.00. The zero-order chi connectivity index (χ0) is 13.8. The van der Waals surface area contributed by atoms with Crippen LogP contribution in [-0.4, -0.2) is 19.2 Å². The Bertz CT molecular complexity index is 416. The number of azide groups is 1. The standard InChI is InChI=1S/C13H18N4O2/c14-17-16-10-6-2-5-9-15-13(18)19-11-12-7-3-1-4-8-12/h1,3-4,7-8H,2,5-6,9-11H2,(H,15,18). The van der Waals surface area contributed by atoms with Crippen LogP contribution in [0.4, 0.5) is 4.79 Å². The number of rotatable bonds is 8. The van der Waals surface area contributed by atoms with E-state index in [0.717, 1.165) is 24.8 Å². The molecule has 0 fully saturated rings. The average Bonchev–Trinajstić information content (AvgIpc) is 2.45. The summed E-state index contributed by atoms with van der Waals surface area (Å²) in [5.41, 5.74) is 9.04. The van der Waals surface area contributed by atoms with E-state index in [2.05, 4.69) is 15.3 Å². The number of nitrogens with one attached hydrogen (secondary N) is 1. The lowest BCUT2D eigenvalue weighted by Gasteiger charge is -2.06. The van der Waals surface area contributed by atoms with Gasteiger partial charge in [0.15, 0.2) is 0 Å². The molecule has 0 atom stereocenters. The van der Waals surface area contributed by atoms with E-state index in [1.165, 1.54) is 0 Å². The van der Waals surface area contributed by atoms with Gasteiger partial charge in [-0.2, -0.15) is 0 Å². The summed E-state index contributed by atoms with van der Waals surface area (Å²) in [5.74, 6) is 0. The number of unbranched alkanes of at least 4 members (excludes halogenated alkanes) is 2. The molecule has 1 N–H and O–H groups in total. The van der Waals surface area contributed by atoms with Crippen LogP contribution in [0.15, 0.2) is 35.4 Å². The lowest BCUT2D eigenvalue weighted by molar-refractivity contribution is 0.139. The van der Waals surface area contributed by atoms with Gasteiger partial charge in [0.2, 0.25) is 0 Å². The van der Waals surface area contributed by atoms with E-state index in [9.17, 15) is 4.79 Å². The van der Waals surface area contributed by atoms with Gasteiger partial charge in [0.1, 0.15) is 6.61 Å². The van der Waals surface area contributed by atoms with Gasteiger partial charge in [0, 0.05) is 18.0 Å². The smallest absolute Gasteiger partial charge is 0.407 e. The van der Waals surface area contributed by atoms with Crippen LogP contribution < -0.4 is 5.32 Å². The van der Waals surface area contributed by atoms with Crippen molar-refractivity contribution in [1.29, 1.82) is 0 Å². The molecular weight excluding hydrogens is 244 g/mol. The van der Waals surface area contributed by atoms with E-state index in [4.69, 9.17) is 10.3 Å². The molecule has 1 rings (SSSR count). The third-order valence-electron chi connectivity index (χ3n) is 2.48. The minimum Gasteiger partial charge on any atom is -0.445 e. The molecular formula is C13H18N4O2. The molecule has 0 bridgehead atoms. The predicted molar refractivity (Wildman–Crippen MR) is 72.5 cm³/mol. The Balaban J connectivity index is 2.01. The van der Waals surface area contributed by atoms with Crippen LogP contribution in [0, 0.1) is 0 Å². The first kappa shape index (κ1) is 14.9. The summed E-state index contributed by atoms with van der Waals surface area (Å²) in [6.45, 7) is 1.36. The van der Waals surface area contributed by atoms with Gasteiger partial charge in [-0.15, -0.1) is 0 Å². The zero-order valence-electron chi connectivity index (χ0n) is 10.8. The molecule has 0 unspecified atom stereocenters. The number of ether oxygens (including phenoxy) is 1. The molecule has 1 aromatic rings. The number of carbonyl (C=O) groups excluding carboxylic acids is 1. The van der Waals surface area contributed by atoms with Gasteiger partial charge in [-0.1, -0.05) is 41.9 Å². The number of nitrogens with zero attached hydrogens (tertiary/aromatic N) is 3. The van der Waals surface area contributed by atoms with Gasteiger partial charge < -0.3 is 10.1 Å². The third kappa shape index (κ3) is 7.68. The summed E-state index contributed by atoms with van der Waals surface area (Å²) < 4.78 is 5.06. The summed E-state index contributed by atoms with van der Waals surface area (Å²) in [4.78, 5) is 14.0. The van der Waals surface area contributed by atoms with Crippen LogP contribution in [0.25, 0.3) is 10.4 Å². The van der Waals surface area contributed by atoms with Crippen LogP contribution in [-0.2, 0) is 11.3 Å². The Morgan fingerprint density at radius 1 is 1.26 bits per heavy atom. The predicted octanol–water partition coefficient (Wildman–Crippen LogP) is 3.39. The van der Waals surface area contributed by atoms with Gasteiger partial charge in [-0.25, -0.2) is 4.79 Å². The number of amides is 1. The normalized spacial score (nSPS) is 9.47. The van der Waals surface area contributed by atoms with E-state index >= 15 is 0 Å². The molecule has 0 aliphatic rings. The van der Waals surface area contributed by atoms with Crippen molar-refractivity contribution in [3.63, 3.8) is 0 Å². The molecule has 0 aliphatic carbocycles. The zero-order valence-corrected chi connectivity index (χ0v) is 10.8. The maximum atomic E-state index is 11.4. The topological polar surface area (TPSA) is 87.1 Å². The highest BCUT2D eigenvalue weighted by molar-refractivity contribution is 5.67. The van der Waals surface area contributed by atoms with Crippen molar-refractivity contribution < 1.29 is 9.53 Å². The maximum Gasteiger partial charge on any atom is 0.407 e. The molecule has 0 aliphatic heterocycles. The molecule has 0 saturated heterocycles. The first-order valence-corrected chi connectivity index (χ1v) is 6.28. The second-order valence-corrected chi connectivity index (χ2v) is 4.00. The molecule has 0 heterocycles. The van der Waals surface area contributed by atoms with Crippen LogP contribution >= 0.6 is 0 Å². The monoisotopic (exact) mass is 262 g/mol. The molecule has 0 aromatic heterocycles. The first-order chi connectivity index (χ1) is 9.33. The number of alkyl carbamates (subject to hydrolysis) is 1. The van der Waals surface area contributed by atoms with E-state index in [-0.39, 0.29) is 6.61 Å². The van der Waals surface area contributed by atoms with Crippen LogP contribution in [0.5, 0.6) is 0 Å². The molecule has 19 heavy (non-hydrogen) atoms. The van der Waals surface area contributed by atoms with Crippen LogP contribution in [0.2, 0.25) is 0 Å². The molecule has 1 amide bonds. The molecule has 0 radical (unpaired) electrons. The molecule has 0 spiro atoms. The maximum absolute atomic E-state index is 11.4. The fraction of sp³-hybridized carbons (Fsp3) is 0.462. The summed E-state index contributed by atoms with van der Waals surface area (Å²) in [6, 6.07) is 9.53. The van der Waals surface area contributed by atoms with Gasteiger partial charge in [0.05, 0.1) is 0 Å². The highest BCUT2D eigenvalue weighted by Crippen LogP contribution is 2.00. The van der Waals surface area contributed by atoms with Crippen molar-refractivity contribution in [2.24, 2.45) is 5.11 Å². The summed E-state index contributed by atoms with van der Waals surface area (Å²) >= 11 is 0. The number of carbonyl (C=O) groups is 1. The molecule has 102 valence electrons. The third-order valence-corrected chi connectivity index (χ3v) is 2.48. The summed E-state index contributed by atoms with van der Waals surface area (Å²) in [5, 5.41) is 6.12. The minimum atomic E-state index is -0.404. The Hall–Kier alpha value is -2.20. The summed E-state index contributed by atoms with van der Waals surface area (Å²) in [7, 11) is 0. The average molecular weight is 262 g/mol. The Morgan fingerprint density at radius 3 is 2.79 bits per heavy atom. The van der Waals surface area contributed by atoms with Gasteiger partial charge >= 0.3 is 6.09 Å². The first-order valence-electron chi connectivity index (χ1n) is 6.28. The number of hydrogen-bond donors (Lipinski definition) is 1. The number of benzene rings is 1.